The van der Waals surface area contributed by atoms with Crippen molar-refractivity contribution in [3.8, 4) is 34.1 Å². The van der Waals surface area contributed by atoms with Gasteiger partial charge in [-0.2, -0.15) is 0 Å². The van der Waals surface area contributed by atoms with E-state index in [4.69, 9.17) is 18.9 Å². The maximum Gasteiger partial charge on any atom is 0.178 e. The highest BCUT2D eigenvalue weighted by Crippen LogP contribution is 2.39. The molecule has 6 nitrogen and oxygen atoms in total. The van der Waals surface area contributed by atoms with E-state index in [1.165, 1.54) is 0 Å². The van der Waals surface area contributed by atoms with Gasteiger partial charge in [-0.3, -0.25) is 9.98 Å². The third kappa shape index (κ3) is 12.1. The van der Waals surface area contributed by atoms with Gasteiger partial charge in [-0.05, 0) is 158 Å². The zero-order valence-corrected chi connectivity index (χ0v) is 38.3. The van der Waals surface area contributed by atoms with Crippen molar-refractivity contribution in [3.63, 3.8) is 0 Å². The van der Waals surface area contributed by atoms with Crippen molar-refractivity contribution in [1.29, 1.82) is 0 Å². The van der Waals surface area contributed by atoms with E-state index in [0.717, 1.165) is 101 Å². The standard InChI is InChI=1S/C62H52N2O4/c1-63-43-67-57-34-30-55(31-35-57)62(56-32-36-58(37-33-56)68-44-64-2)61(53-12-6-5-7-13-53)54-28-26-52(27-29-54)51-24-22-45(23-25-51)16-19-48-38-49(20-17-46-10-8-14-59(41-46)65-3)40-50(39-48)21-18-47-11-9-15-60(42-47)66-4/h5-42H,1-2,43-44H2,3-4H3/b19-16+,20-17+,21-18+. The van der Waals surface area contributed by atoms with Crippen LogP contribution < -0.4 is 18.9 Å². The molecule has 0 radical (unpaired) electrons. The fourth-order valence-corrected chi connectivity index (χ4v) is 7.87. The van der Waals surface area contributed by atoms with Crippen molar-refractivity contribution in [1.82, 2.24) is 0 Å². The number of aliphatic imine (C=N–C) groups is 2. The van der Waals surface area contributed by atoms with E-state index in [-0.39, 0.29) is 13.5 Å². The van der Waals surface area contributed by atoms with Gasteiger partial charge in [-0.25, -0.2) is 0 Å². The molecule has 0 atom stereocenters. The summed E-state index contributed by atoms with van der Waals surface area (Å²) in [5.41, 5.74) is 15.2. The van der Waals surface area contributed by atoms with Crippen LogP contribution >= 0.6 is 0 Å². The van der Waals surface area contributed by atoms with Gasteiger partial charge in [0.25, 0.3) is 0 Å². The molecule has 0 aliphatic carbocycles. The summed E-state index contributed by atoms with van der Waals surface area (Å²) < 4.78 is 22.4. The largest absolute Gasteiger partial charge is 0.497 e. The highest BCUT2D eigenvalue weighted by atomic mass is 16.5. The van der Waals surface area contributed by atoms with Gasteiger partial charge in [-0.1, -0.05) is 164 Å². The third-order valence-electron chi connectivity index (χ3n) is 11.3. The van der Waals surface area contributed by atoms with Gasteiger partial charge in [0.05, 0.1) is 14.2 Å². The summed E-state index contributed by atoms with van der Waals surface area (Å²) in [5, 5.41) is 0. The lowest BCUT2D eigenvalue weighted by Gasteiger charge is -2.19. The summed E-state index contributed by atoms with van der Waals surface area (Å²) in [4.78, 5) is 7.70. The Kier molecular flexibility index (Phi) is 15.5. The molecule has 0 N–H and O–H groups in total. The average Bonchev–Trinajstić information content (AvgIpc) is 3.40. The second kappa shape index (κ2) is 22.9. The molecule has 0 aliphatic heterocycles. The molecule has 6 heteroatoms. The molecule has 0 saturated carbocycles. The summed E-state index contributed by atoms with van der Waals surface area (Å²) in [7, 11) is 3.37. The predicted molar refractivity (Wildman–Crippen MR) is 286 cm³/mol. The Morgan fingerprint density at radius 2 is 0.721 bits per heavy atom. The van der Waals surface area contributed by atoms with Gasteiger partial charge >= 0.3 is 0 Å². The van der Waals surface area contributed by atoms with Gasteiger partial charge in [0.1, 0.15) is 23.0 Å². The second-order valence-electron chi connectivity index (χ2n) is 15.8. The first kappa shape index (κ1) is 45.8. The lowest BCUT2D eigenvalue weighted by Crippen LogP contribution is -1.99. The minimum absolute atomic E-state index is 0.190. The van der Waals surface area contributed by atoms with Crippen molar-refractivity contribution in [3.05, 3.63) is 250 Å². The molecular weight excluding hydrogens is 837 g/mol. The van der Waals surface area contributed by atoms with Crippen LogP contribution in [0.15, 0.2) is 204 Å². The fraction of sp³-hybridized carbons (Fsp3) is 0.0645. The van der Waals surface area contributed by atoms with Crippen LogP contribution in [0.5, 0.6) is 23.0 Å². The zero-order chi connectivity index (χ0) is 46.9. The Morgan fingerprint density at radius 1 is 0.353 bits per heavy atom. The van der Waals surface area contributed by atoms with E-state index in [1.807, 2.05) is 66.7 Å². The Bertz CT molecular complexity index is 2940. The van der Waals surface area contributed by atoms with Crippen molar-refractivity contribution < 1.29 is 18.9 Å². The number of nitrogens with zero attached hydrogens (tertiary/aromatic N) is 2. The Balaban J connectivity index is 1.09. The van der Waals surface area contributed by atoms with Gasteiger partial charge in [-0.15, -0.1) is 0 Å². The zero-order valence-electron chi connectivity index (χ0n) is 38.3. The van der Waals surface area contributed by atoms with Crippen molar-refractivity contribution >= 4 is 61.0 Å². The summed E-state index contributed by atoms with van der Waals surface area (Å²) in [6, 6.07) is 67.0. The monoisotopic (exact) mass is 888 g/mol. The number of ether oxygens (including phenoxy) is 4. The Labute approximate surface area is 399 Å². The van der Waals surface area contributed by atoms with E-state index in [1.54, 1.807) is 14.2 Å². The number of rotatable bonds is 19. The normalized spacial score (nSPS) is 11.1. The first-order valence-corrected chi connectivity index (χ1v) is 22.3. The fourth-order valence-electron chi connectivity index (χ4n) is 7.87. The lowest BCUT2D eigenvalue weighted by molar-refractivity contribution is 0.332. The third-order valence-corrected chi connectivity index (χ3v) is 11.3. The second-order valence-corrected chi connectivity index (χ2v) is 15.8. The summed E-state index contributed by atoms with van der Waals surface area (Å²) in [6.45, 7) is 7.47. The lowest BCUT2D eigenvalue weighted by atomic mass is 9.85. The van der Waals surface area contributed by atoms with Crippen LogP contribution in [-0.2, 0) is 0 Å². The summed E-state index contributed by atoms with van der Waals surface area (Å²) in [5.74, 6) is 3.10. The highest BCUT2D eigenvalue weighted by molar-refractivity contribution is 6.04. The molecule has 0 unspecified atom stereocenters. The molecule has 0 saturated heterocycles. The molecule has 0 bridgehead atoms. The maximum atomic E-state index is 5.75. The summed E-state index contributed by atoms with van der Waals surface area (Å²) >= 11 is 0. The minimum atomic E-state index is 0.190. The van der Waals surface area contributed by atoms with Crippen LogP contribution in [0.2, 0.25) is 0 Å². The molecule has 68 heavy (non-hydrogen) atoms. The van der Waals surface area contributed by atoms with Crippen molar-refractivity contribution in [2.75, 3.05) is 27.7 Å². The molecule has 8 aromatic carbocycles. The molecule has 8 aromatic rings. The molecule has 0 aliphatic rings. The predicted octanol–water partition coefficient (Wildman–Crippen LogP) is 15.0. The molecular formula is C62H52N2O4. The van der Waals surface area contributed by atoms with Crippen LogP contribution in [0, 0.1) is 0 Å². The molecule has 334 valence electrons. The maximum absolute atomic E-state index is 5.75. The smallest absolute Gasteiger partial charge is 0.178 e. The Hall–Kier alpha value is -8.74. The summed E-state index contributed by atoms with van der Waals surface area (Å²) in [6.07, 6.45) is 12.8. The molecule has 8 rings (SSSR count). The van der Waals surface area contributed by atoms with E-state index in [0.29, 0.717) is 0 Å². The molecule has 0 fully saturated rings. The van der Waals surface area contributed by atoms with E-state index in [9.17, 15) is 0 Å². The van der Waals surface area contributed by atoms with Crippen LogP contribution in [0.25, 0.3) is 58.7 Å². The molecule has 0 heterocycles. The van der Waals surface area contributed by atoms with Crippen LogP contribution in [-0.4, -0.2) is 41.1 Å². The quantitative estimate of drug-likeness (QED) is 0.0599. The average molecular weight is 889 g/mol. The van der Waals surface area contributed by atoms with Gasteiger partial charge < -0.3 is 18.9 Å². The number of hydrogen-bond donors (Lipinski definition) is 0. The topological polar surface area (TPSA) is 61.6 Å². The Morgan fingerprint density at radius 3 is 1.13 bits per heavy atom. The van der Waals surface area contributed by atoms with Crippen molar-refractivity contribution in [2.45, 2.75) is 0 Å². The van der Waals surface area contributed by atoms with Gasteiger partial charge in [0, 0.05) is 0 Å². The SMILES string of the molecule is C=NCOc1ccc(C(=C(c2ccccc2)c2ccc(-c3ccc(/C=C/c4cc(/C=C/c5cccc(OC)c5)cc(/C=C/c5cccc(OC)c5)c4)cc3)cc2)c2ccc(OCN=C)cc2)cc1. The molecule has 0 amide bonds. The number of benzene rings is 8. The number of hydrogen-bond acceptors (Lipinski definition) is 6. The molecule has 0 aromatic heterocycles. The van der Waals surface area contributed by atoms with E-state index in [2.05, 4.69) is 187 Å². The van der Waals surface area contributed by atoms with Gasteiger partial charge in [0.15, 0.2) is 13.5 Å². The first-order valence-electron chi connectivity index (χ1n) is 22.3. The van der Waals surface area contributed by atoms with Crippen molar-refractivity contribution in [2.24, 2.45) is 9.98 Å². The van der Waals surface area contributed by atoms with Crippen LogP contribution in [0.3, 0.4) is 0 Å². The van der Waals surface area contributed by atoms with Crippen LogP contribution in [0.4, 0.5) is 0 Å². The number of methoxy groups -OCH3 is 2. The van der Waals surface area contributed by atoms with Crippen LogP contribution in [0.1, 0.15) is 55.6 Å². The van der Waals surface area contributed by atoms with Gasteiger partial charge in [0.2, 0.25) is 0 Å². The molecule has 0 spiro atoms. The first-order chi connectivity index (χ1) is 33.5. The van der Waals surface area contributed by atoms with E-state index >= 15 is 0 Å². The minimum Gasteiger partial charge on any atom is -0.497 e. The van der Waals surface area contributed by atoms with E-state index < -0.39 is 0 Å². The highest BCUT2D eigenvalue weighted by Gasteiger charge is 2.17.